The second kappa shape index (κ2) is 6.66. The van der Waals surface area contributed by atoms with Crippen LogP contribution in [0.4, 0.5) is 0 Å². The average molecular weight is 301 g/mol. The molecule has 0 saturated heterocycles. The van der Waals surface area contributed by atoms with Crippen LogP contribution in [0.1, 0.15) is 32.1 Å². The van der Waals surface area contributed by atoms with E-state index in [1.165, 1.54) is 25.3 Å². The lowest BCUT2D eigenvalue weighted by molar-refractivity contribution is 0.0696. The number of benzene rings is 1. The van der Waals surface area contributed by atoms with Crippen molar-refractivity contribution >= 4 is 11.9 Å². The molecule has 2 rings (SSSR count). The number of carboxylic acids is 1. The SMILES string of the molecule is COc1cc(C(=O)O)cc(C(=O)NCc2cnc(C)cn2)c1. The molecule has 0 atom stereocenters. The number of nitrogens with one attached hydrogen (secondary N) is 1. The van der Waals surface area contributed by atoms with Gasteiger partial charge >= 0.3 is 5.97 Å². The second-order valence-electron chi connectivity index (χ2n) is 4.59. The van der Waals surface area contributed by atoms with E-state index in [1.54, 1.807) is 12.4 Å². The Morgan fingerprint density at radius 2 is 1.91 bits per heavy atom. The maximum Gasteiger partial charge on any atom is 0.335 e. The highest BCUT2D eigenvalue weighted by Crippen LogP contribution is 2.17. The highest BCUT2D eigenvalue weighted by Gasteiger charge is 2.12. The van der Waals surface area contributed by atoms with E-state index in [1.807, 2.05) is 6.92 Å². The monoisotopic (exact) mass is 301 g/mol. The Morgan fingerprint density at radius 3 is 2.50 bits per heavy atom. The van der Waals surface area contributed by atoms with Gasteiger partial charge in [-0.25, -0.2) is 4.79 Å². The van der Waals surface area contributed by atoms with Gasteiger partial charge in [0.2, 0.25) is 0 Å². The van der Waals surface area contributed by atoms with Crippen molar-refractivity contribution in [2.75, 3.05) is 7.11 Å². The fraction of sp³-hybridized carbons (Fsp3) is 0.200. The third-order valence-electron chi connectivity index (χ3n) is 2.92. The first kappa shape index (κ1) is 15.4. The van der Waals surface area contributed by atoms with Crippen LogP contribution in [-0.2, 0) is 6.54 Å². The number of rotatable bonds is 5. The summed E-state index contributed by atoms with van der Waals surface area (Å²) < 4.78 is 5.01. The summed E-state index contributed by atoms with van der Waals surface area (Å²) in [5.74, 6) is -1.23. The van der Waals surface area contributed by atoms with Crippen molar-refractivity contribution in [3.63, 3.8) is 0 Å². The van der Waals surface area contributed by atoms with Crippen LogP contribution in [0.25, 0.3) is 0 Å². The molecule has 1 amide bonds. The van der Waals surface area contributed by atoms with E-state index in [0.29, 0.717) is 11.4 Å². The van der Waals surface area contributed by atoms with Crippen molar-refractivity contribution in [2.45, 2.75) is 13.5 Å². The molecule has 7 heteroatoms. The highest BCUT2D eigenvalue weighted by atomic mass is 16.5. The number of nitrogens with zero attached hydrogens (tertiary/aromatic N) is 2. The molecule has 0 spiro atoms. The molecule has 22 heavy (non-hydrogen) atoms. The van der Waals surface area contributed by atoms with Crippen LogP contribution < -0.4 is 10.1 Å². The lowest BCUT2D eigenvalue weighted by atomic mass is 10.1. The van der Waals surface area contributed by atoms with Crippen LogP contribution in [0.15, 0.2) is 30.6 Å². The van der Waals surface area contributed by atoms with Crippen molar-refractivity contribution < 1.29 is 19.4 Å². The standard InChI is InChI=1S/C15H15N3O4/c1-9-6-17-12(7-16-9)8-18-14(19)10-3-11(15(20)21)5-13(4-10)22-2/h3-7H,8H2,1-2H3,(H,18,19)(H,20,21). The zero-order chi connectivity index (χ0) is 16.1. The van der Waals surface area contributed by atoms with Gasteiger partial charge in [-0.05, 0) is 25.1 Å². The van der Waals surface area contributed by atoms with E-state index in [9.17, 15) is 9.59 Å². The van der Waals surface area contributed by atoms with Gasteiger partial charge in [0.15, 0.2) is 0 Å². The molecular formula is C15H15N3O4. The number of carbonyl (C=O) groups is 2. The summed E-state index contributed by atoms with van der Waals surface area (Å²) in [7, 11) is 1.41. The van der Waals surface area contributed by atoms with Crippen LogP contribution in [0.3, 0.4) is 0 Å². The van der Waals surface area contributed by atoms with E-state index in [0.717, 1.165) is 5.69 Å². The minimum atomic E-state index is -1.13. The van der Waals surface area contributed by atoms with E-state index >= 15 is 0 Å². The third-order valence-corrected chi connectivity index (χ3v) is 2.92. The molecule has 0 bridgehead atoms. The molecule has 0 aliphatic carbocycles. The molecule has 0 aliphatic heterocycles. The smallest absolute Gasteiger partial charge is 0.335 e. The van der Waals surface area contributed by atoms with Crippen molar-refractivity contribution in [3.05, 3.63) is 53.1 Å². The van der Waals surface area contributed by atoms with Gasteiger partial charge in [0.05, 0.1) is 36.8 Å². The van der Waals surface area contributed by atoms with Gasteiger partial charge in [-0.3, -0.25) is 14.8 Å². The Morgan fingerprint density at radius 1 is 1.18 bits per heavy atom. The van der Waals surface area contributed by atoms with Crippen LogP contribution in [-0.4, -0.2) is 34.1 Å². The molecule has 2 aromatic rings. The average Bonchev–Trinajstić information content (AvgIpc) is 2.53. The van der Waals surface area contributed by atoms with Gasteiger partial charge < -0.3 is 15.2 Å². The molecule has 0 radical (unpaired) electrons. The van der Waals surface area contributed by atoms with Crippen molar-refractivity contribution in [3.8, 4) is 5.75 Å². The maximum absolute atomic E-state index is 12.1. The van der Waals surface area contributed by atoms with Gasteiger partial charge in [-0.2, -0.15) is 0 Å². The summed E-state index contributed by atoms with van der Waals surface area (Å²) >= 11 is 0. The summed E-state index contributed by atoms with van der Waals surface area (Å²) in [6.45, 7) is 2.02. The molecule has 0 aliphatic rings. The minimum Gasteiger partial charge on any atom is -0.497 e. The second-order valence-corrected chi connectivity index (χ2v) is 4.59. The van der Waals surface area contributed by atoms with E-state index in [2.05, 4.69) is 15.3 Å². The number of hydrogen-bond acceptors (Lipinski definition) is 5. The first-order valence-corrected chi connectivity index (χ1v) is 6.47. The van der Waals surface area contributed by atoms with Gasteiger partial charge in [-0.1, -0.05) is 0 Å². The number of ether oxygens (including phenoxy) is 1. The summed E-state index contributed by atoms with van der Waals surface area (Å²) in [6.07, 6.45) is 3.18. The normalized spacial score (nSPS) is 10.1. The van der Waals surface area contributed by atoms with Gasteiger partial charge in [0.1, 0.15) is 5.75 Å². The molecule has 7 nitrogen and oxygen atoms in total. The van der Waals surface area contributed by atoms with Crippen LogP contribution in [0.2, 0.25) is 0 Å². The van der Waals surface area contributed by atoms with Crippen LogP contribution >= 0.6 is 0 Å². The summed E-state index contributed by atoms with van der Waals surface area (Å²) in [5, 5.41) is 11.7. The number of aryl methyl sites for hydroxylation is 1. The Kier molecular flexibility index (Phi) is 4.67. The topological polar surface area (TPSA) is 101 Å². The summed E-state index contributed by atoms with van der Waals surface area (Å²) in [4.78, 5) is 31.4. The number of aromatic nitrogens is 2. The molecule has 114 valence electrons. The number of hydrogen-bond donors (Lipinski definition) is 2. The van der Waals surface area contributed by atoms with Gasteiger partial charge in [0, 0.05) is 11.8 Å². The van der Waals surface area contributed by atoms with Crippen LogP contribution in [0, 0.1) is 6.92 Å². The Labute approximate surface area is 127 Å². The fourth-order valence-corrected chi connectivity index (χ4v) is 1.75. The number of methoxy groups -OCH3 is 1. The van der Waals surface area contributed by atoms with Crippen molar-refractivity contribution in [1.82, 2.24) is 15.3 Å². The lowest BCUT2D eigenvalue weighted by Gasteiger charge is -2.08. The molecule has 1 heterocycles. The molecule has 0 saturated carbocycles. The molecule has 0 fully saturated rings. The van der Waals surface area contributed by atoms with E-state index in [-0.39, 0.29) is 17.7 Å². The van der Waals surface area contributed by atoms with E-state index < -0.39 is 11.9 Å². The van der Waals surface area contributed by atoms with E-state index in [4.69, 9.17) is 9.84 Å². The molecule has 1 aromatic carbocycles. The highest BCUT2D eigenvalue weighted by molar-refractivity contribution is 5.98. The molecular weight excluding hydrogens is 286 g/mol. The summed E-state index contributed by atoms with van der Waals surface area (Å²) in [6, 6.07) is 4.12. The zero-order valence-corrected chi connectivity index (χ0v) is 12.2. The summed E-state index contributed by atoms with van der Waals surface area (Å²) in [5.41, 5.74) is 1.59. The number of amides is 1. The first-order chi connectivity index (χ1) is 10.5. The third kappa shape index (κ3) is 3.78. The van der Waals surface area contributed by atoms with Gasteiger partial charge in [0.25, 0.3) is 5.91 Å². The predicted octanol–water partition coefficient (Wildman–Crippen LogP) is 1.42. The largest absolute Gasteiger partial charge is 0.497 e. The molecule has 1 aromatic heterocycles. The maximum atomic E-state index is 12.1. The zero-order valence-electron chi connectivity index (χ0n) is 12.2. The number of aromatic carboxylic acids is 1. The van der Waals surface area contributed by atoms with Crippen molar-refractivity contribution in [1.29, 1.82) is 0 Å². The molecule has 2 N–H and O–H groups in total. The predicted molar refractivity (Wildman–Crippen MR) is 77.9 cm³/mol. The number of carboxylic acid groups (broad SMARTS) is 1. The van der Waals surface area contributed by atoms with Gasteiger partial charge in [-0.15, -0.1) is 0 Å². The lowest BCUT2D eigenvalue weighted by Crippen LogP contribution is -2.23. The molecule has 0 unspecified atom stereocenters. The van der Waals surface area contributed by atoms with Crippen molar-refractivity contribution in [2.24, 2.45) is 0 Å². The quantitative estimate of drug-likeness (QED) is 0.866. The minimum absolute atomic E-state index is 0.0142. The Bertz CT molecular complexity index is 698. The Hall–Kier alpha value is -2.96. The van der Waals surface area contributed by atoms with Crippen LogP contribution in [0.5, 0.6) is 5.75 Å². The number of carbonyl (C=O) groups excluding carboxylic acids is 1. The first-order valence-electron chi connectivity index (χ1n) is 6.47. The fourth-order valence-electron chi connectivity index (χ4n) is 1.75. The Balaban J connectivity index is 2.13.